The molecule has 0 aliphatic carbocycles. The van der Waals surface area contributed by atoms with Gasteiger partial charge in [-0.2, -0.15) is 5.10 Å². The molecule has 1 aromatic carbocycles. The van der Waals surface area contributed by atoms with Crippen LogP contribution in [0.1, 0.15) is 18.1 Å². The van der Waals surface area contributed by atoms with Crippen LogP contribution in [0.25, 0.3) is 0 Å². The molecule has 0 atom stereocenters. The van der Waals surface area contributed by atoms with Crippen LogP contribution in [0.3, 0.4) is 0 Å². The molecular formula is C13H16BrN3. The van der Waals surface area contributed by atoms with Gasteiger partial charge in [0.1, 0.15) is 0 Å². The van der Waals surface area contributed by atoms with Gasteiger partial charge < -0.3 is 5.32 Å². The van der Waals surface area contributed by atoms with E-state index in [9.17, 15) is 0 Å². The van der Waals surface area contributed by atoms with E-state index < -0.39 is 0 Å². The van der Waals surface area contributed by atoms with Gasteiger partial charge in [0.25, 0.3) is 0 Å². The van der Waals surface area contributed by atoms with Crippen LogP contribution in [0, 0.1) is 6.92 Å². The van der Waals surface area contributed by atoms with Crippen molar-refractivity contribution < 1.29 is 0 Å². The standard InChI is InChI=1S/C13H16BrN3/c1-3-17-9-12(8-16-17)15-7-11-5-4-10(2)13(14)6-11/h4-6,8-9,15H,3,7H2,1-2H3. The van der Waals surface area contributed by atoms with Crippen molar-refractivity contribution in [3.63, 3.8) is 0 Å². The summed E-state index contributed by atoms with van der Waals surface area (Å²) in [7, 11) is 0. The van der Waals surface area contributed by atoms with Crippen LogP contribution < -0.4 is 5.32 Å². The summed E-state index contributed by atoms with van der Waals surface area (Å²) in [6, 6.07) is 6.40. The van der Waals surface area contributed by atoms with Gasteiger partial charge in [-0.15, -0.1) is 0 Å². The SMILES string of the molecule is CCn1cc(NCc2ccc(C)c(Br)c2)cn1. The van der Waals surface area contributed by atoms with Gasteiger partial charge in [0.15, 0.2) is 0 Å². The average molecular weight is 294 g/mol. The minimum atomic E-state index is 0.814. The molecule has 2 rings (SSSR count). The van der Waals surface area contributed by atoms with Crippen molar-refractivity contribution in [2.24, 2.45) is 0 Å². The summed E-state index contributed by atoms with van der Waals surface area (Å²) in [5.74, 6) is 0. The summed E-state index contributed by atoms with van der Waals surface area (Å²) in [6.07, 6.45) is 3.87. The minimum Gasteiger partial charge on any atom is -0.378 e. The fraction of sp³-hybridized carbons (Fsp3) is 0.308. The van der Waals surface area contributed by atoms with E-state index >= 15 is 0 Å². The number of aryl methyl sites for hydroxylation is 2. The molecule has 90 valence electrons. The van der Waals surface area contributed by atoms with Crippen molar-refractivity contribution >= 4 is 21.6 Å². The summed E-state index contributed by atoms with van der Waals surface area (Å²) in [6.45, 7) is 5.88. The zero-order valence-electron chi connectivity index (χ0n) is 10.1. The highest BCUT2D eigenvalue weighted by Crippen LogP contribution is 2.18. The Morgan fingerprint density at radius 2 is 2.24 bits per heavy atom. The fourth-order valence-electron chi connectivity index (χ4n) is 1.58. The van der Waals surface area contributed by atoms with Crippen LogP contribution in [0.2, 0.25) is 0 Å². The Morgan fingerprint density at radius 3 is 2.88 bits per heavy atom. The van der Waals surface area contributed by atoms with Crippen molar-refractivity contribution in [3.05, 3.63) is 46.2 Å². The van der Waals surface area contributed by atoms with E-state index in [2.05, 4.69) is 58.4 Å². The van der Waals surface area contributed by atoms with Crippen LogP contribution in [-0.4, -0.2) is 9.78 Å². The van der Waals surface area contributed by atoms with Gasteiger partial charge in [-0.05, 0) is 31.0 Å². The molecule has 0 spiro atoms. The maximum atomic E-state index is 4.22. The van der Waals surface area contributed by atoms with Crippen molar-refractivity contribution in [1.82, 2.24) is 9.78 Å². The van der Waals surface area contributed by atoms with Gasteiger partial charge in [-0.3, -0.25) is 4.68 Å². The van der Waals surface area contributed by atoms with Crippen LogP contribution in [-0.2, 0) is 13.1 Å². The van der Waals surface area contributed by atoms with Gasteiger partial charge in [-0.1, -0.05) is 28.1 Å². The Labute approximate surface area is 110 Å². The lowest BCUT2D eigenvalue weighted by molar-refractivity contribution is 0.660. The van der Waals surface area contributed by atoms with E-state index in [0.717, 1.165) is 23.2 Å². The zero-order valence-corrected chi connectivity index (χ0v) is 11.7. The highest BCUT2D eigenvalue weighted by molar-refractivity contribution is 9.10. The second-order valence-corrected chi connectivity index (χ2v) is 4.88. The molecule has 0 radical (unpaired) electrons. The van der Waals surface area contributed by atoms with Gasteiger partial charge in [0, 0.05) is 23.8 Å². The molecule has 0 fully saturated rings. The second kappa shape index (κ2) is 5.36. The summed E-state index contributed by atoms with van der Waals surface area (Å²) in [5, 5.41) is 7.58. The molecule has 17 heavy (non-hydrogen) atoms. The van der Waals surface area contributed by atoms with Crippen molar-refractivity contribution in [2.45, 2.75) is 26.9 Å². The normalized spacial score (nSPS) is 10.5. The number of rotatable bonds is 4. The topological polar surface area (TPSA) is 29.9 Å². The third-order valence-corrected chi connectivity index (χ3v) is 3.54. The third kappa shape index (κ3) is 3.09. The largest absolute Gasteiger partial charge is 0.378 e. The second-order valence-electron chi connectivity index (χ2n) is 4.02. The van der Waals surface area contributed by atoms with Gasteiger partial charge in [0.2, 0.25) is 0 Å². The first-order valence-electron chi connectivity index (χ1n) is 5.70. The summed E-state index contributed by atoms with van der Waals surface area (Å²) in [5.41, 5.74) is 3.57. The molecule has 4 heteroatoms. The first-order chi connectivity index (χ1) is 8.19. The Hall–Kier alpha value is -1.29. The molecule has 2 aromatic rings. The van der Waals surface area contributed by atoms with Gasteiger partial charge >= 0.3 is 0 Å². The van der Waals surface area contributed by atoms with E-state index in [0.29, 0.717) is 0 Å². The molecule has 0 amide bonds. The maximum absolute atomic E-state index is 4.22. The number of aromatic nitrogens is 2. The lowest BCUT2D eigenvalue weighted by Gasteiger charge is -2.05. The lowest BCUT2D eigenvalue weighted by Crippen LogP contribution is -1.99. The molecule has 3 nitrogen and oxygen atoms in total. The fourth-order valence-corrected chi connectivity index (χ4v) is 2.00. The summed E-state index contributed by atoms with van der Waals surface area (Å²) < 4.78 is 3.06. The van der Waals surface area contributed by atoms with E-state index in [4.69, 9.17) is 0 Å². The van der Waals surface area contributed by atoms with Crippen LogP contribution >= 0.6 is 15.9 Å². The van der Waals surface area contributed by atoms with Gasteiger partial charge in [0.05, 0.1) is 11.9 Å². The molecule has 0 saturated heterocycles. The van der Waals surface area contributed by atoms with Crippen LogP contribution in [0.4, 0.5) is 5.69 Å². The van der Waals surface area contributed by atoms with Crippen molar-refractivity contribution in [3.8, 4) is 0 Å². The summed E-state index contributed by atoms with van der Waals surface area (Å²) in [4.78, 5) is 0. The quantitative estimate of drug-likeness (QED) is 0.934. The Balaban J connectivity index is 1.99. The maximum Gasteiger partial charge on any atom is 0.0729 e. The first kappa shape index (κ1) is 12.2. The molecule has 0 bridgehead atoms. The van der Waals surface area contributed by atoms with E-state index in [-0.39, 0.29) is 0 Å². The van der Waals surface area contributed by atoms with Crippen molar-refractivity contribution in [1.29, 1.82) is 0 Å². The number of nitrogens with one attached hydrogen (secondary N) is 1. The monoisotopic (exact) mass is 293 g/mol. The summed E-state index contributed by atoms with van der Waals surface area (Å²) >= 11 is 3.54. The lowest BCUT2D eigenvalue weighted by atomic mass is 10.1. The molecule has 0 unspecified atom stereocenters. The van der Waals surface area contributed by atoms with Gasteiger partial charge in [-0.25, -0.2) is 0 Å². The van der Waals surface area contributed by atoms with Crippen molar-refractivity contribution in [2.75, 3.05) is 5.32 Å². The highest BCUT2D eigenvalue weighted by Gasteiger charge is 1.99. The average Bonchev–Trinajstić information content (AvgIpc) is 2.79. The number of nitrogens with zero attached hydrogens (tertiary/aromatic N) is 2. The molecule has 1 heterocycles. The Morgan fingerprint density at radius 1 is 1.41 bits per heavy atom. The van der Waals surface area contributed by atoms with E-state index in [1.165, 1.54) is 11.1 Å². The predicted octanol–water partition coefficient (Wildman–Crippen LogP) is 3.59. The predicted molar refractivity (Wildman–Crippen MR) is 74.1 cm³/mol. The molecule has 1 aromatic heterocycles. The smallest absolute Gasteiger partial charge is 0.0729 e. The minimum absolute atomic E-state index is 0.814. The number of anilines is 1. The Kier molecular flexibility index (Phi) is 3.84. The highest BCUT2D eigenvalue weighted by atomic mass is 79.9. The molecular weight excluding hydrogens is 278 g/mol. The number of hydrogen-bond acceptors (Lipinski definition) is 2. The molecule has 0 aliphatic rings. The number of hydrogen-bond donors (Lipinski definition) is 1. The Bertz CT molecular complexity index is 505. The number of benzene rings is 1. The zero-order chi connectivity index (χ0) is 12.3. The third-order valence-electron chi connectivity index (χ3n) is 2.69. The molecule has 0 saturated carbocycles. The molecule has 1 N–H and O–H groups in total. The van der Waals surface area contributed by atoms with Crippen LogP contribution in [0.5, 0.6) is 0 Å². The first-order valence-corrected chi connectivity index (χ1v) is 6.49. The molecule has 0 aliphatic heterocycles. The van der Waals surface area contributed by atoms with E-state index in [1.807, 2.05) is 17.1 Å². The van der Waals surface area contributed by atoms with Crippen LogP contribution in [0.15, 0.2) is 35.1 Å². The van der Waals surface area contributed by atoms with E-state index in [1.54, 1.807) is 0 Å². The number of halogens is 1.